The van der Waals surface area contributed by atoms with Crippen molar-refractivity contribution in [3.63, 3.8) is 0 Å². The fourth-order valence-electron chi connectivity index (χ4n) is 2.14. The first-order chi connectivity index (χ1) is 7.18. The number of H-pyrrole nitrogens is 1. The lowest BCUT2D eigenvalue weighted by Gasteiger charge is -2.21. The minimum atomic E-state index is -0.178. The minimum absolute atomic E-state index is 0.178. The number of nitrogen functional groups attached to an aromatic ring is 1. The molecule has 0 atom stereocenters. The molecule has 3 N–H and O–H groups in total. The summed E-state index contributed by atoms with van der Waals surface area (Å²) in [6, 6.07) is 0. The van der Waals surface area contributed by atoms with Crippen LogP contribution in [0.3, 0.4) is 0 Å². The third-order valence-corrected chi connectivity index (χ3v) is 3.66. The number of rotatable bonds is 1. The number of aromatic amines is 1. The molecular formula is C10H14BrN3O. The largest absolute Gasteiger partial charge is 0.369 e. The van der Waals surface area contributed by atoms with Gasteiger partial charge in [-0.15, -0.1) is 0 Å². The number of nitrogens with zero attached hydrogens (tertiary/aromatic N) is 1. The second-order valence-corrected chi connectivity index (χ2v) is 4.78. The fraction of sp³-hybridized carbons (Fsp3) is 0.600. The lowest BCUT2D eigenvalue weighted by molar-refractivity contribution is 0.435. The van der Waals surface area contributed by atoms with Gasteiger partial charge < -0.3 is 5.73 Å². The molecule has 0 saturated heterocycles. The van der Waals surface area contributed by atoms with E-state index in [1.165, 1.54) is 19.3 Å². The maximum Gasteiger partial charge on any atom is 0.266 e. The van der Waals surface area contributed by atoms with E-state index in [-0.39, 0.29) is 11.5 Å². The average molecular weight is 272 g/mol. The summed E-state index contributed by atoms with van der Waals surface area (Å²) < 4.78 is 0.545. The Balaban J connectivity index is 2.37. The van der Waals surface area contributed by atoms with Crippen molar-refractivity contribution in [1.29, 1.82) is 0 Å². The molecule has 0 aromatic carbocycles. The third-order valence-electron chi connectivity index (χ3n) is 2.90. The van der Waals surface area contributed by atoms with Crippen molar-refractivity contribution in [3.8, 4) is 0 Å². The Morgan fingerprint density at radius 1 is 1.33 bits per heavy atom. The van der Waals surface area contributed by atoms with E-state index in [9.17, 15) is 4.79 Å². The van der Waals surface area contributed by atoms with Gasteiger partial charge in [0.15, 0.2) is 0 Å². The van der Waals surface area contributed by atoms with Crippen molar-refractivity contribution >= 4 is 21.9 Å². The molecule has 15 heavy (non-hydrogen) atoms. The molecule has 1 fully saturated rings. The number of halogens is 1. The fourth-order valence-corrected chi connectivity index (χ4v) is 2.65. The topological polar surface area (TPSA) is 71.8 Å². The van der Waals surface area contributed by atoms with Gasteiger partial charge in [0.05, 0.1) is 5.69 Å². The van der Waals surface area contributed by atoms with Gasteiger partial charge >= 0.3 is 0 Å². The van der Waals surface area contributed by atoms with Gasteiger partial charge in [-0.05, 0) is 28.8 Å². The second-order valence-electron chi connectivity index (χ2n) is 3.99. The molecule has 1 aromatic heterocycles. The summed E-state index contributed by atoms with van der Waals surface area (Å²) in [6.45, 7) is 0. The lowest BCUT2D eigenvalue weighted by Crippen LogP contribution is -2.18. The predicted molar refractivity (Wildman–Crippen MR) is 62.8 cm³/mol. The normalized spacial score (nSPS) is 17.9. The number of anilines is 1. The average Bonchev–Trinajstić information content (AvgIpc) is 2.24. The smallest absolute Gasteiger partial charge is 0.266 e. The summed E-state index contributed by atoms with van der Waals surface area (Å²) in [5, 5.41) is 0. The summed E-state index contributed by atoms with van der Waals surface area (Å²) in [5.41, 5.74) is 6.20. The van der Waals surface area contributed by atoms with Crippen LogP contribution in [0.15, 0.2) is 9.27 Å². The summed E-state index contributed by atoms with van der Waals surface area (Å²) in [5.74, 6) is 0.599. The van der Waals surface area contributed by atoms with Gasteiger partial charge in [0.2, 0.25) is 5.95 Å². The van der Waals surface area contributed by atoms with Crippen LogP contribution in [0.4, 0.5) is 5.95 Å². The first kappa shape index (κ1) is 10.7. The molecule has 1 aromatic rings. The lowest BCUT2D eigenvalue weighted by atomic mass is 9.87. The molecule has 0 aliphatic heterocycles. The predicted octanol–water partition coefficient (Wildman–Crippen LogP) is 2.16. The SMILES string of the molecule is Nc1nc(C2CCCCC2)c(Br)c(=O)[nH]1. The molecule has 0 bridgehead atoms. The number of aromatic nitrogens is 2. The van der Waals surface area contributed by atoms with Crippen LogP contribution in [-0.2, 0) is 0 Å². The molecular weight excluding hydrogens is 258 g/mol. The highest BCUT2D eigenvalue weighted by atomic mass is 79.9. The molecule has 0 unspecified atom stereocenters. The van der Waals surface area contributed by atoms with Crippen LogP contribution in [0.5, 0.6) is 0 Å². The Kier molecular flexibility index (Phi) is 3.09. The van der Waals surface area contributed by atoms with E-state index in [0.29, 0.717) is 10.4 Å². The van der Waals surface area contributed by atoms with E-state index in [2.05, 4.69) is 25.9 Å². The number of nitrogens with one attached hydrogen (secondary N) is 1. The number of nitrogens with two attached hydrogens (primary N) is 1. The van der Waals surface area contributed by atoms with Crippen molar-refractivity contribution in [2.75, 3.05) is 5.73 Å². The molecule has 1 heterocycles. The molecule has 1 aliphatic rings. The first-order valence-electron chi connectivity index (χ1n) is 5.23. The van der Waals surface area contributed by atoms with Gasteiger partial charge in [-0.25, -0.2) is 4.98 Å². The van der Waals surface area contributed by atoms with Crippen molar-refractivity contribution < 1.29 is 0 Å². The van der Waals surface area contributed by atoms with Gasteiger partial charge in [-0.2, -0.15) is 0 Å². The van der Waals surface area contributed by atoms with E-state index < -0.39 is 0 Å². The molecule has 1 aliphatic carbocycles. The summed E-state index contributed by atoms with van der Waals surface area (Å²) in [4.78, 5) is 18.2. The van der Waals surface area contributed by atoms with Crippen molar-refractivity contribution in [2.24, 2.45) is 0 Å². The second kappa shape index (κ2) is 4.35. The van der Waals surface area contributed by atoms with Crippen LogP contribution in [0.25, 0.3) is 0 Å². The maximum atomic E-state index is 11.5. The minimum Gasteiger partial charge on any atom is -0.369 e. The third kappa shape index (κ3) is 2.22. The quantitative estimate of drug-likeness (QED) is 0.822. The van der Waals surface area contributed by atoms with Crippen LogP contribution < -0.4 is 11.3 Å². The van der Waals surface area contributed by atoms with E-state index in [1.54, 1.807) is 0 Å². The summed E-state index contributed by atoms with van der Waals surface area (Å²) in [7, 11) is 0. The molecule has 1 saturated carbocycles. The molecule has 4 nitrogen and oxygen atoms in total. The van der Waals surface area contributed by atoms with Gasteiger partial charge in [0.1, 0.15) is 4.47 Å². The monoisotopic (exact) mass is 271 g/mol. The highest BCUT2D eigenvalue weighted by Gasteiger charge is 2.21. The Morgan fingerprint density at radius 2 is 2.00 bits per heavy atom. The molecule has 0 amide bonds. The van der Waals surface area contributed by atoms with Gasteiger partial charge in [-0.1, -0.05) is 19.3 Å². The van der Waals surface area contributed by atoms with Gasteiger partial charge in [0.25, 0.3) is 5.56 Å². The summed E-state index contributed by atoms with van der Waals surface area (Å²) in [6.07, 6.45) is 5.92. The van der Waals surface area contributed by atoms with Crippen LogP contribution >= 0.6 is 15.9 Å². The maximum absolute atomic E-state index is 11.5. The van der Waals surface area contributed by atoms with E-state index >= 15 is 0 Å². The zero-order valence-electron chi connectivity index (χ0n) is 8.42. The van der Waals surface area contributed by atoms with Crippen molar-refractivity contribution in [3.05, 3.63) is 20.5 Å². The van der Waals surface area contributed by atoms with Crippen LogP contribution in [0, 0.1) is 0 Å². The molecule has 82 valence electrons. The Labute approximate surface area is 96.4 Å². The zero-order chi connectivity index (χ0) is 10.8. The Morgan fingerprint density at radius 3 is 2.67 bits per heavy atom. The van der Waals surface area contributed by atoms with Gasteiger partial charge in [-0.3, -0.25) is 9.78 Å². The van der Waals surface area contributed by atoms with Crippen LogP contribution in [0.1, 0.15) is 43.7 Å². The van der Waals surface area contributed by atoms with E-state index in [0.717, 1.165) is 18.5 Å². The van der Waals surface area contributed by atoms with Gasteiger partial charge in [0, 0.05) is 5.92 Å². The Hall–Kier alpha value is -0.840. The van der Waals surface area contributed by atoms with Crippen molar-refractivity contribution in [1.82, 2.24) is 9.97 Å². The van der Waals surface area contributed by atoms with Crippen LogP contribution in [0.2, 0.25) is 0 Å². The molecule has 5 heteroatoms. The first-order valence-corrected chi connectivity index (χ1v) is 6.03. The molecule has 2 rings (SSSR count). The van der Waals surface area contributed by atoms with E-state index in [1.807, 2.05) is 0 Å². The number of hydrogen-bond donors (Lipinski definition) is 2. The van der Waals surface area contributed by atoms with E-state index in [4.69, 9.17) is 5.73 Å². The highest BCUT2D eigenvalue weighted by Crippen LogP contribution is 2.33. The summed E-state index contributed by atoms with van der Waals surface area (Å²) >= 11 is 3.29. The Bertz CT molecular complexity index is 410. The standard InChI is InChI=1S/C10H14BrN3O/c11-7-8(6-4-2-1-3-5-6)13-10(12)14-9(7)15/h6H,1-5H2,(H3,12,13,14,15). The zero-order valence-corrected chi connectivity index (χ0v) is 10.0. The highest BCUT2D eigenvalue weighted by molar-refractivity contribution is 9.10. The van der Waals surface area contributed by atoms with Crippen molar-refractivity contribution in [2.45, 2.75) is 38.0 Å². The van der Waals surface area contributed by atoms with Crippen LogP contribution in [-0.4, -0.2) is 9.97 Å². The molecule has 0 spiro atoms. The number of hydrogen-bond acceptors (Lipinski definition) is 3. The molecule has 0 radical (unpaired) electrons.